The normalized spacial score (nSPS) is 22.9. The summed E-state index contributed by atoms with van der Waals surface area (Å²) in [5, 5.41) is 4.28. The summed E-state index contributed by atoms with van der Waals surface area (Å²) in [5.74, 6) is 0.905. The van der Waals surface area contributed by atoms with Gasteiger partial charge >= 0.3 is 0 Å². The summed E-state index contributed by atoms with van der Waals surface area (Å²) in [6.45, 7) is 6.64. The van der Waals surface area contributed by atoms with Crippen LogP contribution in [-0.2, 0) is 6.54 Å². The van der Waals surface area contributed by atoms with Crippen LogP contribution in [0.25, 0.3) is 0 Å². The quantitative estimate of drug-likeness (QED) is 0.664. The van der Waals surface area contributed by atoms with E-state index < -0.39 is 0 Å². The van der Waals surface area contributed by atoms with Crippen LogP contribution in [0.4, 0.5) is 0 Å². The molecule has 20 heavy (non-hydrogen) atoms. The van der Waals surface area contributed by atoms with Gasteiger partial charge in [-0.3, -0.25) is 0 Å². The number of thioether (sulfide) groups is 1. The Labute approximate surface area is 136 Å². The summed E-state index contributed by atoms with van der Waals surface area (Å²) in [6.07, 6.45) is 6.77. The third-order valence-corrected chi connectivity index (χ3v) is 5.98. The summed E-state index contributed by atoms with van der Waals surface area (Å²) in [6, 6.07) is 6.85. The molecule has 1 fully saturated rings. The minimum atomic E-state index is 0.815. The van der Waals surface area contributed by atoms with Crippen molar-refractivity contribution in [2.75, 3.05) is 6.54 Å². The fraction of sp³-hybridized carbons (Fsp3) is 0.647. The van der Waals surface area contributed by atoms with E-state index in [0.29, 0.717) is 0 Å². The van der Waals surface area contributed by atoms with Crippen LogP contribution in [0, 0.1) is 5.92 Å². The van der Waals surface area contributed by atoms with Crippen molar-refractivity contribution in [3.63, 3.8) is 0 Å². The molecule has 1 aromatic rings. The van der Waals surface area contributed by atoms with Crippen LogP contribution < -0.4 is 5.32 Å². The van der Waals surface area contributed by atoms with Gasteiger partial charge in [-0.25, -0.2) is 0 Å². The summed E-state index contributed by atoms with van der Waals surface area (Å²) >= 11 is 5.79. The van der Waals surface area contributed by atoms with E-state index in [4.69, 9.17) is 0 Å². The molecule has 1 aromatic carbocycles. The van der Waals surface area contributed by atoms with E-state index in [1.807, 2.05) is 0 Å². The van der Waals surface area contributed by atoms with Crippen molar-refractivity contribution < 1.29 is 0 Å². The Morgan fingerprint density at radius 2 is 2.20 bits per heavy atom. The van der Waals surface area contributed by atoms with Crippen LogP contribution in [0.1, 0.15) is 51.5 Å². The molecule has 0 aliphatic heterocycles. The topological polar surface area (TPSA) is 12.0 Å². The van der Waals surface area contributed by atoms with E-state index in [1.165, 1.54) is 47.0 Å². The van der Waals surface area contributed by atoms with E-state index in [9.17, 15) is 0 Å². The standard InChI is InChI=1S/C17H26BrNS/c1-3-9-19-12-14-7-8-16(11-17(14)18)20-15-6-4-5-13(2)10-15/h7-8,11,13,15,19H,3-6,9-10,12H2,1-2H3. The Balaban J connectivity index is 1.91. The molecule has 1 aliphatic rings. The number of nitrogens with one attached hydrogen (secondary N) is 1. The van der Waals surface area contributed by atoms with Gasteiger partial charge in [-0.15, -0.1) is 11.8 Å². The van der Waals surface area contributed by atoms with Gasteiger partial charge in [-0.1, -0.05) is 48.7 Å². The Bertz CT molecular complexity index is 421. The molecule has 3 heteroatoms. The summed E-state index contributed by atoms with van der Waals surface area (Å²) < 4.78 is 1.25. The molecule has 0 radical (unpaired) electrons. The van der Waals surface area contributed by atoms with Gasteiger partial charge in [-0.2, -0.15) is 0 Å². The Morgan fingerprint density at radius 1 is 1.35 bits per heavy atom. The predicted molar refractivity (Wildman–Crippen MR) is 93.4 cm³/mol. The molecule has 0 aromatic heterocycles. The first-order valence-corrected chi connectivity index (χ1v) is 9.52. The molecule has 0 saturated heterocycles. The van der Waals surface area contributed by atoms with Gasteiger partial charge in [0.2, 0.25) is 0 Å². The zero-order valence-corrected chi connectivity index (χ0v) is 15.0. The number of halogens is 1. The molecular weight excluding hydrogens is 330 g/mol. The molecular formula is C17H26BrNS. The first-order valence-electron chi connectivity index (χ1n) is 7.84. The average Bonchev–Trinajstić information content (AvgIpc) is 2.41. The van der Waals surface area contributed by atoms with Gasteiger partial charge in [0.1, 0.15) is 0 Å². The van der Waals surface area contributed by atoms with Gasteiger partial charge in [-0.05, 0) is 49.4 Å². The number of rotatable bonds is 6. The fourth-order valence-corrected chi connectivity index (χ4v) is 4.92. The van der Waals surface area contributed by atoms with E-state index in [2.05, 4.69) is 65.1 Å². The molecule has 0 bridgehead atoms. The molecule has 2 atom stereocenters. The molecule has 1 N–H and O–H groups in total. The zero-order valence-electron chi connectivity index (χ0n) is 12.6. The Hall–Kier alpha value is 0.01000. The maximum atomic E-state index is 3.72. The molecule has 2 rings (SSSR count). The van der Waals surface area contributed by atoms with Crippen LogP contribution in [0.2, 0.25) is 0 Å². The molecule has 2 unspecified atom stereocenters. The average molecular weight is 356 g/mol. The van der Waals surface area contributed by atoms with Crippen LogP contribution in [-0.4, -0.2) is 11.8 Å². The van der Waals surface area contributed by atoms with Gasteiger partial charge in [0.05, 0.1) is 0 Å². The first kappa shape index (κ1) is 16.4. The van der Waals surface area contributed by atoms with Crippen LogP contribution in [0.15, 0.2) is 27.6 Å². The molecule has 112 valence electrons. The van der Waals surface area contributed by atoms with E-state index >= 15 is 0 Å². The summed E-state index contributed by atoms with van der Waals surface area (Å²) in [7, 11) is 0. The van der Waals surface area contributed by atoms with Crippen LogP contribution in [0.3, 0.4) is 0 Å². The van der Waals surface area contributed by atoms with Crippen molar-refractivity contribution in [3.05, 3.63) is 28.2 Å². The lowest BCUT2D eigenvalue weighted by Crippen LogP contribution is -2.15. The van der Waals surface area contributed by atoms with Crippen molar-refractivity contribution in [1.82, 2.24) is 5.32 Å². The minimum Gasteiger partial charge on any atom is -0.313 e. The maximum absolute atomic E-state index is 3.72. The second-order valence-corrected chi connectivity index (χ2v) is 8.17. The lowest BCUT2D eigenvalue weighted by Gasteiger charge is -2.26. The summed E-state index contributed by atoms with van der Waals surface area (Å²) in [4.78, 5) is 1.41. The van der Waals surface area contributed by atoms with Crippen LogP contribution >= 0.6 is 27.7 Å². The van der Waals surface area contributed by atoms with Gasteiger partial charge in [0.15, 0.2) is 0 Å². The highest BCUT2D eigenvalue weighted by atomic mass is 79.9. The Kier molecular flexibility index (Phi) is 6.92. The van der Waals surface area contributed by atoms with Gasteiger partial charge in [0.25, 0.3) is 0 Å². The highest BCUT2D eigenvalue weighted by Gasteiger charge is 2.19. The van der Waals surface area contributed by atoms with Crippen molar-refractivity contribution in [3.8, 4) is 0 Å². The number of hydrogen-bond donors (Lipinski definition) is 1. The molecule has 0 heterocycles. The van der Waals surface area contributed by atoms with Crippen molar-refractivity contribution >= 4 is 27.7 Å². The molecule has 1 aliphatic carbocycles. The van der Waals surface area contributed by atoms with Crippen molar-refractivity contribution in [2.45, 2.75) is 62.6 Å². The SMILES string of the molecule is CCCNCc1ccc(SC2CCCC(C)C2)cc1Br. The van der Waals surface area contributed by atoms with Crippen LogP contribution in [0.5, 0.6) is 0 Å². The van der Waals surface area contributed by atoms with Crippen molar-refractivity contribution in [1.29, 1.82) is 0 Å². The Morgan fingerprint density at radius 3 is 2.90 bits per heavy atom. The first-order chi connectivity index (χ1) is 9.69. The molecule has 0 amide bonds. The smallest absolute Gasteiger partial charge is 0.0231 e. The van der Waals surface area contributed by atoms with E-state index in [1.54, 1.807) is 0 Å². The number of hydrogen-bond acceptors (Lipinski definition) is 2. The second kappa shape index (κ2) is 8.45. The van der Waals surface area contributed by atoms with Gasteiger partial charge in [0, 0.05) is 21.2 Å². The number of benzene rings is 1. The van der Waals surface area contributed by atoms with Gasteiger partial charge < -0.3 is 5.32 Å². The summed E-state index contributed by atoms with van der Waals surface area (Å²) in [5.41, 5.74) is 1.36. The minimum absolute atomic E-state index is 0.815. The lowest BCUT2D eigenvalue weighted by atomic mass is 9.91. The second-order valence-electron chi connectivity index (χ2n) is 5.94. The molecule has 0 spiro atoms. The monoisotopic (exact) mass is 355 g/mol. The van der Waals surface area contributed by atoms with E-state index in [-0.39, 0.29) is 0 Å². The predicted octanol–water partition coefficient (Wildman–Crippen LogP) is 5.62. The highest BCUT2D eigenvalue weighted by molar-refractivity contribution is 9.10. The zero-order chi connectivity index (χ0) is 14.4. The largest absolute Gasteiger partial charge is 0.313 e. The third kappa shape index (κ3) is 5.09. The highest BCUT2D eigenvalue weighted by Crippen LogP contribution is 2.37. The third-order valence-electron chi connectivity index (χ3n) is 3.96. The van der Waals surface area contributed by atoms with E-state index in [0.717, 1.165) is 24.3 Å². The molecule has 1 saturated carbocycles. The maximum Gasteiger partial charge on any atom is 0.0231 e. The van der Waals surface area contributed by atoms with Crippen molar-refractivity contribution in [2.24, 2.45) is 5.92 Å². The lowest BCUT2D eigenvalue weighted by molar-refractivity contribution is 0.394. The fourth-order valence-electron chi connectivity index (χ4n) is 2.82. The molecule has 1 nitrogen and oxygen atoms in total.